The van der Waals surface area contributed by atoms with Crippen LogP contribution in [-0.2, 0) is 10.9 Å². The van der Waals surface area contributed by atoms with Gasteiger partial charge in [-0.15, -0.1) is 0 Å². The average molecular weight is 340 g/mol. The van der Waals surface area contributed by atoms with Crippen LogP contribution in [-0.4, -0.2) is 35.7 Å². The van der Waals surface area contributed by atoms with Gasteiger partial charge in [-0.2, -0.15) is 13.2 Å². The van der Waals surface area contributed by atoms with Gasteiger partial charge in [-0.1, -0.05) is 23.4 Å². The fraction of sp³-hybridized carbons (Fsp3) is 0.375. The highest BCUT2D eigenvalue weighted by molar-refractivity contribution is 5.91. The summed E-state index contributed by atoms with van der Waals surface area (Å²) in [7, 11) is 0. The van der Waals surface area contributed by atoms with Crippen LogP contribution in [0.1, 0.15) is 33.5 Å². The second-order valence-electron chi connectivity index (χ2n) is 5.53. The van der Waals surface area contributed by atoms with Gasteiger partial charge in [-0.25, -0.2) is 0 Å². The molecule has 1 atom stereocenters. The Labute approximate surface area is 136 Å². The normalized spacial score (nSPS) is 18.7. The molecule has 1 fully saturated rings. The van der Waals surface area contributed by atoms with E-state index in [1.807, 2.05) is 0 Å². The van der Waals surface area contributed by atoms with Crippen LogP contribution in [0.5, 0.6) is 0 Å². The van der Waals surface area contributed by atoms with Crippen LogP contribution < -0.4 is 0 Å². The van der Waals surface area contributed by atoms with E-state index in [1.165, 1.54) is 29.2 Å². The van der Waals surface area contributed by atoms with E-state index in [4.69, 9.17) is 9.26 Å². The lowest BCUT2D eigenvalue weighted by molar-refractivity contribution is -0.140. The molecule has 0 unspecified atom stereocenters. The number of hydrogen-bond acceptors (Lipinski definition) is 4. The monoisotopic (exact) mass is 340 g/mol. The molecule has 0 bridgehead atoms. The van der Waals surface area contributed by atoms with Crippen LogP contribution in [0.2, 0.25) is 0 Å². The van der Waals surface area contributed by atoms with Gasteiger partial charge in [0.05, 0.1) is 24.4 Å². The van der Waals surface area contributed by atoms with Gasteiger partial charge < -0.3 is 14.2 Å². The third-order valence-corrected chi connectivity index (χ3v) is 3.81. The number of aryl methyl sites for hydroxylation is 1. The zero-order valence-electron chi connectivity index (χ0n) is 12.8. The highest BCUT2D eigenvalue weighted by Gasteiger charge is 2.37. The molecule has 0 aliphatic carbocycles. The summed E-state index contributed by atoms with van der Waals surface area (Å²) >= 11 is 0. The fourth-order valence-electron chi connectivity index (χ4n) is 2.68. The molecule has 1 aromatic carbocycles. The van der Waals surface area contributed by atoms with Crippen LogP contribution in [0.3, 0.4) is 0 Å². The second kappa shape index (κ2) is 6.27. The van der Waals surface area contributed by atoms with Gasteiger partial charge in [0.25, 0.3) is 5.91 Å². The highest BCUT2D eigenvalue weighted by atomic mass is 19.4. The molecule has 128 valence electrons. The minimum Gasteiger partial charge on any atom is -0.370 e. The molecule has 0 spiro atoms. The maximum absolute atomic E-state index is 13.2. The Morgan fingerprint density at radius 2 is 2.08 bits per heavy atom. The van der Waals surface area contributed by atoms with Crippen molar-refractivity contribution in [2.24, 2.45) is 0 Å². The summed E-state index contributed by atoms with van der Waals surface area (Å²) in [4.78, 5) is 13.8. The van der Waals surface area contributed by atoms with Crippen LogP contribution in [0.25, 0.3) is 0 Å². The van der Waals surface area contributed by atoms with Crippen molar-refractivity contribution in [2.75, 3.05) is 19.7 Å². The zero-order chi connectivity index (χ0) is 17.3. The van der Waals surface area contributed by atoms with E-state index in [9.17, 15) is 18.0 Å². The molecule has 8 heteroatoms. The second-order valence-corrected chi connectivity index (χ2v) is 5.53. The summed E-state index contributed by atoms with van der Waals surface area (Å²) in [5.41, 5.74) is -0.165. The molecule has 0 N–H and O–H groups in total. The van der Waals surface area contributed by atoms with Crippen molar-refractivity contribution in [2.45, 2.75) is 19.2 Å². The average Bonchev–Trinajstić information content (AvgIpc) is 3.00. The Bertz CT molecular complexity index is 742. The summed E-state index contributed by atoms with van der Waals surface area (Å²) in [6.07, 6.45) is -5.32. The smallest absolute Gasteiger partial charge is 0.370 e. The van der Waals surface area contributed by atoms with E-state index >= 15 is 0 Å². The van der Waals surface area contributed by atoms with Gasteiger partial charge in [0.1, 0.15) is 6.10 Å². The predicted octanol–water partition coefficient (Wildman–Crippen LogP) is 3.22. The third kappa shape index (κ3) is 3.28. The number of alkyl halides is 3. The Hall–Kier alpha value is -2.35. The first-order chi connectivity index (χ1) is 11.4. The molecule has 1 saturated heterocycles. The summed E-state index contributed by atoms with van der Waals surface area (Å²) in [6.45, 7) is 2.13. The fourth-order valence-corrected chi connectivity index (χ4v) is 2.68. The number of carbonyl (C=O) groups is 1. The van der Waals surface area contributed by atoms with Crippen molar-refractivity contribution in [3.63, 3.8) is 0 Å². The van der Waals surface area contributed by atoms with Gasteiger partial charge in [0, 0.05) is 12.6 Å². The summed E-state index contributed by atoms with van der Waals surface area (Å²) < 4.78 is 49.9. The number of carbonyl (C=O) groups excluding carboxylic acids is 1. The molecule has 1 aliphatic rings. The first-order valence-electron chi connectivity index (χ1n) is 7.36. The summed E-state index contributed by atoms with van der Waals surface area (Å²) in [5.74, 6) is -0.342. The van der Waals surface area contributed by atoms with E-state index in [2.05, 4.69) is 5.16 Å². The van der Waals surface area contributed by atoms with E-state index in [0.717, 1.165) is 6.07 Å². The Balaban J connectivity index is 1.83. The van der Waals surface area contributed by atoms with Gasteiger partial charge in [0.15, 0.2) is 0 Å². The van der Waals surface area contributed by atoms with Crippen molar-refractivity contribution in [3.8, 4) is 0 Å². The molecule has 3 rings (SSSR count). The number of ether oxygens (including phenoxy) is 1. The molecule has 5 nitrogen and oxygen atoms in total. The largest absolute Gasteiger partial charge is 0.416 e. The van der Waals surface area contributed by atoms with Gasteiger partial charge in [-0.05, 0) is 18.6 Å². The number of nitrogens with zero attached hydrogens (tertiary/aromatic N) is 2. The van der Waals surface area contributed by atoms with E-state index in [-0.39, 0.29) is 31.0 Å². The number of benzene rings is 1. The maximum Gasteiger partial charge on any atom is 0.416 e. The first-order valence-corrected chi connectivity index (χ1v) is 7.36. The first kappa shape index (κ1) is 16.5. The molecule has 0 radical (unpaired) electrons. The zero-order valence-corrected chi connectivity index (χ0v) is 12.8. The third-order valence-electron chi connectivity index (χ3n) is 3.81. The lowest BCUT2D eigenvalue weighted by Crippen LogP contribution is -2.42. The van der Waals surface area contributed by atoms with Crippen LogP contribution >= 0.6 is 0 Å². The molecule has 1 aromatic heterocycles. The van der Waals surface area contributed by atoms with E-state index < -0.39 is 23.8 Å². The van der Waals surface area contributed by atoms with Crippen molar-refractivity contribution in [3.05, 3.63) is 52.9 Å². The van der Waals surface area contributed by atoms with Crippen molar-refractivity contribution in [1.29, 1.82) is 0 Å². The molecule has 0 saturated carbocycles. The van der Waals surface area contributed by atoms with Crippen LogP contribution in [0, 0.1) is 6.92 Å². The highest BCUT2D eigenvalue weighted by Crippen LogP contribution is 2.36. The molecular weight excluding hydrogens is 325 g/mol. The number of hydrogen-bond donors (Lipinski definition) is 0. The van der Waals surface area contributed by atoms with Gasteiger partial charge >= 0.3 is 6.18 Å². The number of rotatable bonds is 2. The van der Waals surface area contributed by atoms with E-state index in [0.29, 0.717) is 5.69 Å². The minimum absolute atomic E-state index is 0.0195. The maximum atomic E-state index is 13.2. The SMILES string of the molecule is Cc1cc(C(=O)N2CCO[C@@H](c3ccccc3C(F)(F)F)C2)on1. The van der Waals surface area contributed by atoms with Crippen molar-refractivity contribution in [1.82, 2.24) is 10.1 Å². The molecule has 24 heavy (non-hydrogen) atoms. The standard InChI is InChI=1S/C16H15F3N2O3/c1-10-8-13(24-20-10)15(22)21-6-7-23-14(9-21)11-4-2-3-5-12(11)16(17,18)19/h2-5,8,14H,6-7,9H2,1H3/t14-/m1/s1. The van der Waals surface area contributed by atoms with Gasteiger partial charge in [-0.3, -0.25) is 4.79 Å². The summed E-state index contributed by atoms with van der Waals surface area (Å²) in [5, 5.41) is 3.65. The summed E-state index contributed by atoms with van der Waals surface area (Å²) in [6, 6.07) is 6.74. The number of amides is 1. The molecule has 2 aromatic rings. The number of halogens is 3. The van der Waals surface area contributed by atoms with E-state index in [1.54, 1.807) is 6.92 Å². The number of aromatic nitrogens is 1. The topological polar surface area (TPSA) is 55.6 Å². The Morgan fingerprint density at radius 1 is 1.33 bits per heavy atom. The van der Waals surface area contributed by atoms with Gasteiger partial charge in [0.2, 0.25) is 5.76 Å². The Kier molecular flexibility index (Phi) is 4.31. The minimum atomic E-state index is -4.48. The molecule has 2 heterocycles. The lowest BCUT2D eigenvalue weighted by Gasteiger charge is -2.33. The molecule has 1 amide bonds. The van der Waals surface area contributed by atoms with Crippen molar-refractivity contribution >= 4 is 5.91 Å². The van der Waals surface area contributed by atoms with Crippen LogP contribution in [0.4, 0.5) is 13.2 Å². The quantitative estimate of drug-likeness (QED) is 0.842. The predicted molar refractivity (Wildman–Crippen MR) is 77.3 cm³/mol. The Morgan fingerprint density at radius 3 is 2.75 bits per heavy atom. The number of morpholine rings is 1. The lowest BCUT2D eigenvalue weighted by atomic mass is 10.0. The molecular formula is C16H15F3N2O3. The molecule has 1 aliphatic heterocycles. The van der Waals surface area contributed by atoms with Crippen molar-refractivity contribution < 1.29 is 27.2 Å². The van der Waals surface area contributed by atoms with Crippen LogP contribution in [0.15, 0.2) is 34.9 Å².